The molecule has 4 fully saturated rings. The molecule has 0 radical (unpaired) electrons. The Morgan fingerprint density at radius 1 is 1.00 bits per heavy atom. The monoisotopic (exact) mass is 492 g/mol. The van der Waals surface area contributed by atoms with Crippen LogP contribution in [0.1, 0.15) is 61.1 Å². The third-order valence-corrected chi connectivity index (χ3v) is 7.53. The summed E-state index contributed by atoms with van der Waals surface area (Å²) in [6.07, 6.45) is 5.00. The van der Waals surface area contributed by atoms with Crippen molar-refractivity contribution in [3.05, 3.63) is 47.8 Å². The second kappa shape index (κ2) is 9.40. The number of carbonyl (C=O) groups is 3. The highest BCUT2D eigenvalue weighted by atomic mass is 16.6. The molecular weight excluding hydrogens is 460 g/mol. The van der Waals surface area contributed by atoms with E-state index in [4.69, 9.17) is 10.5 Å². The van der Waals surface area contributed by atoms with Gasteiger partial charge in [0.1, 0.15) is 11.5 Å². The van der Waals surface area contributed by atoms with E-state index in [0.717, 1.165) is 37.8 Å². The van der Waals surface area contributed by atoms with E-state index in [1.165, 1.54) is 0 Å². The molecule has 4 aliphatic carbocycles. The van der Waals surface area contributed by atoms with Crippen LogP contribution < -0.4 is 26.4 Å². The molecule has 4 aliphatic rings. The number of hydrogen-bond acceptors (Lipinski definition) is 7. The van der Waals surface area contributed by atoms with Crippen LogP contribution in [-0.2, 0) is 4.79 Å². The Morgan fingerprint density at radius 2 is 1.69 bits per heavy atom. The molecule has 0 aliphatic heterocycles. The fourth-order valence-electron chi connectivity index (χ4n) is 6.75. The van der Waals surface area contributed by atoms with Gasteiger partial charge < -0.3 is 26.4 Å². The lowest BCUT2D eigenvalue weighted by atomic mass is 9.50. The van der Waals surface area contributed by atoms with E-state index in [0.29, 0.717) is 36.3 Å². The van der Waals surface area contributed by atoms with E-state index in [-0.39, 0.29) is 23.7 Å². The first-order valence-electron chi connectivity index (χ1n) is 12.5. The zero-order chi connectivity index (χ0) is 25.3. The molecule has 190 valence electrons. The summed E-state index contributed by atoms with van der Waals surface area (Å²) in [6, 6.07) is 10.5. The Hall–Kier alpha value is -3.69. The molecule has 36 heavy (non-hydrogen) atoms. The predicted octanol–water partition coefficient (Wildman–Crippen LogP) is 2.68. The van der Waals surface area contributed by atoms with Crippen molar-refractivity contribution < 1.29 is 19.1 Å². The molecule has 3 amide bonds. The first-order valence-corrected chi connectivity index (χ1v) is 12.5. The lowest BCUT2D eigenvalue weighted by molar-refractivity contribution is -0.117. The number of aromatic nitrogens is 2. The number of hydrogen-bond donors (Lipinski definition) is 4. The molecule has 5 N–H and O–H groups in total. The van der Waals surface area contributed by atoms with Crippen LogP contribution in [0.5, 0.6) is 5.88 Å². The van der Waals surface area contributed by atoms with E-state index in [1.54, 1.807) is 24.3 Å². The lowest BCUT2D eigenvalue weighted by Gasteiger charge is -2.61. The van der Waals surface area contributed by atoms with Gasteiger partial charge >= 0.3 is 6.09 Å². The SMILES string of the molecule is Cc1cccc(C(=O)NC23CC4CC(CC(NC(=O)Oc5cccc(NCCC(N)=O)n5)(C4)C2)C3)n1. The van der Waals surface area contributed by atoms with E-state index in [2.05, 4.69) is 25.9 Å². The minimum absolute atomic E-state index is 0.162. The Balaban J connectivity index is 1.25. The Morgan fingerprint density at radius 3 is 2.39 bits per heavy atom. The van der Waals surface area contributed by atoms with Crippen LogP contribution in [-0.4, -0.2) is 45.5 Å². The van der Waals surface area contributed by atoms with Crippen LogP contribution in [0.2, 0.25) is 0 Å². The number of amides is 3. The van der Waals surface area contributed by atoms with Gasteiger partial charge in [-0.15, -0.1) is 0 Å². The summed E-state index contributed by atoms with van der Waals surface area (Å²) in [7, 11) is 0. The molecule has 2 unspecified atom stereocenters. The summed E-state index contributed by atoms with van der Waals surface area (Å²) in [5, 5.41) is 9.44. The van der Waals surface area contributed by atoms with Crippen molar-refractivity contribution in [3.63, 3.8) is 0 Å². The molecule has 4 bridgehead atoms. The van der Waals surface area contributed by atoms with Gasteiger partial charge in [-0.05, 0) is 75.5 Å². The van der Waals surface area contributed by atoms with Gasteiger partial charge in [0, 0.05) is 35.8 Å². The van der Waals surface area contributed by atoms with Crippen molar-refractivity contribution in [3.8, 4) is 5.88 Å². The summed E-state index contributed by atoms with van der Waals surface area (Å²) in [6.45, 7) is 2.21. The molecule has 6 rings (SSSR count). The molecule has 2 aromatic rings. The fourth-order valence-corrected chi connectivity index (χ4v) is 6.75. The number of carbonyl (C=O) groups excluding carboxylic acids is 3. The van der Waals surface area contributed by atoms with Crippen molar-refractivity contribution >= 4 is 23.7 Å². The van der Waals surface area contributed by atoms with Crippen molar-refractivity contribution in [2.24, 2.45) is 17.6 Å². The number of anilines is 1. The third kappa shape index (κ3) is 5.27. The summed E-state index contributed by atoms with van der Waals surface area (Å²) in [4.78, 5) is 45.6. The van der Waals surface area contributed by atoms with Gasteiger partial charge in [0.2, 0.25) is 11.8 Å². The van der Waals surface area contributed by atoms with Crippen LogP contribution in [0.3, 0.4) is 0 Å². The summed E-state index contributed by atoms with van der Waals surface area (Å²) < 4.78 is 5.53. The minimum Gasteiger partial charge on any atom is -0.391 e. The van der Waals surface area contributed by atoms with Gasteiger partial charge in [-0.3, -0.25) is 9.59 Å². The standard InChI is InChI=1S/C26H32N6O4/c1-16-4-2-5-19(29-16)23(34)31-25-11-17-10-18(12-25)14-26(13-17,15-25)32-24(35)36-22-7-3-6-21(30-22)28-9-8-20(27)33/h2-7,17-18H,8-15H2,1H3,(H2,27,33)(H,28,30)(H,31,34)(H,32,35). The zero-order valence-electron chi connectivity index (χ0n) is 20.4. The van der Waals surface area contributed by atoms with Crippen molar-refractivity contribution in [2.75, 3.05) is 11.9 Å². The van der Waals surface area contributed by atoms with Gasteiger partial charge in [-0.1, -0.05) is 12.1 Å². The number of ether oxygens (including phenoxy) is 1. The first kappa shape index (κ1) is 24.0. The van der Waals surface area contributed by atoms with Crippen LogP contribution >= 0.6 is 0 Å². The van der Waals surface area contributed by atoms with Crippen LogP contribution in [0.25, 0.3) is 0 Å². The largest absolute Gasteiger partial charge is 0.414 e. The van der Waals surface area contributed by atoms with Crippen LogP contribution in [0.15, 0.2) is 36.4 Å². The second-order valence-electron chi connectivity index (χ2n) is 10.7. The zero-order valence-corrected chi connectivity index (χ0v) is 20.4. The number of rotatable bonds is 8. The van der Waals surface area contributed by atoms with Gasteiger partial charge in [-0.2, -0.15) is 4.98 Å². The molecule has 0 saturated heterocycles. The molecule has 2 heterocycles. The number of aryl methyl sites for hydroxylation is 1. The molecule has 10 nitrogen and oxygen atoms in total. The average Bonchev–Trinajstić information content (AvgIpc) is 2.77. The first-order chi connectivity index (χ1) is 17.2. The van der Waals surface area contributed by atoms with Gasteiger partial charge in [0.25, 0.3) is 5.91 Å². The van der Waals surface area contributed by atoms with Crippen LogP contribution in [0.4, 0.5) is 10.6 Å². The van der Waals surface area contributed by atoms with Crippen molar-refractivity contribution in [2.45, 2.75) is 62.9 Å². The maximum atomic E-state index is 13.1. The number of pyridine rings is 2. The normalized spacial score (nSPS) is 27.8. The molecule has 2 aromatic heterocycles. The van der Waals surface area contributed by atoms with Gasteiger partial charge in [0.05, 0.1) is 0 Å². The molecule has 4 saturated carbocycles. The number of nitrogens with zero attached hydrogens (tertiary/aromatic N) is 2. The predicted molar refractivity (Wildman–Crippen MR) is 132 cm³/mol. The molecule has 0 spiro atoms. The van der Waals surface area contributed by atoms with Crippen LogP contribution in [0, 0.1) is 18.8 Å². The smallest absolute Gasteiger partial charge is 0.391 e. The Bertz CT molecular complexity index is 1170. The summed E-state index contributed by atoms with van der Waals surface area (Å²) in [5.74, 6) is 0.955. The number of nitrogens with one attached hydrogen (secondary N) is 3. The van der Waals surface area contributed by atoms with E-state index in [9.17, 15) is 14.4 Å². The van der Waals surface area contributed by atoms with Gasteiger partial charge in [0.15, 0.2) is 0 Å². The van der Waals surface area contributed by atoms with Crippen molar-refractivity contribution in [1.82, 2.24) is 20.6 Å². The van der Waals surface area contributed by atoms with E-state index in [1.807, 2.05) is 19.1 Å². The summed E-state index contributed by atoms with van der Waals surface area (Å²) in [5.41, 5.74) is 5.60. The Labute approximate surface area is 209 Å². The lowest BCUT2D eigenvalue weighted by Crippen LogP contribution is -2.70. The second-order valence-corrected chi connectivity index (χ2v) is 10.7. The maximum Gasteiger partial charge on any atom is 0.414 e. The highest BCUT2D eigenvalue weighted by Gasteiger charge is 2.59. The minimum atomic E-state index is -0.555. The maximum absolute atomic E-state index is 13.1. The highest BCUT2D eigenvalue weighted by molar-refractivity contribution is 5.93. The third-order valence-electron chi connectivity index (χ3n) is 7.53. The average molecular weight is 493 g/mol. The molecule has 10 heteroatoms. The fraction of sp³-hybridized carbons (Fsp3) is 0.500. The molecule has 0 aromatic carbocycles. The highest BCUT2D eigenvalue weighted by Crippen LogP contribution is 2.57. The van der Waals surface area contributed by atoms with Gasteiger partial charge in [-0.25, -0.2) is 9.78 Å². The van der Waals surface area contributed by atoms with E-state index >= 15 is 0 Å². The molecule has 2 atom stereocenters. The number of nitrogens with two attached hydrogens (primary N) is 1. The Kier molecular flexibility index (Phi) is 6.27. The quantitative estimate of drug-likeness (QED) is 0.443. The van der Waals surface area contributed by atoms with E-state index < -0.39 is 17.5 Å². The topological polar surface area (TPSA) is 148 Å². The molecular formula is C26H32N6O4. The summed E-state index contributed by atoms with van der Waals surface area (Å²) >= 11 is 0. The van der Waals surface area contributed by atoms with Crippen molar-refractivity contribution in [1.29, 1.82) is 0 Å². The number of primary amides is 1.